The number of hydrogen-bond acceptors (Lipinski definition) is 3. The molecule has 0 radical (unpaired) electrons. The predicted octanol–water partition coefficient (Wildman–Crippen LogP) is 1.32. The Bertz CT molecular complexity index is 453. The number of carboxylic acids is 1. The first-order chi connectivity index (χ1) is 7.99. The number of carbonyl (C=O) groups excluding carboxylic acids is 1. The molecule has 5 heteroatoms. The maximum Gasteiger partial charge on any atom is 0.328 e. The molecule has 1 aromatic rings. The van der Waals surface area contributed by atoms with Crippen molar-refractivity contribution in [1.82, 2.24) is 10.3 Å². The average molecular weight is 234 g/mol. The Kier molecular flexibility index (Phi) is 4.39. The maximum atomic E-state index is 11.7. The topological polar surface area (TPSA) is 79.3 Å². The molecule has 2 N–H and O–H groups in total. The lowest BCUT2D eigenvalue weighted by molar-refractivity contribution is -0.131. The highest BCUT2D eigenvalue weighted by Crippen LogP contribution is 2.05. The third-order valence-electron chi connectivity index (χ3n) is 1.86. The minimum absolute atomic E-state index is 0.0423. The number of nitrogens with one attached hydrogen (secondary N) is 1. The summed E-state index contributed by atoms with van der Waals surface area (Å²) in [4.78, 5) is 25.9. The Morgan fingerprint density at radius 1 is 1.41 bits per heavy atom. The molecule has 0 unspecified atom stereocenters. The second-order valence-electron chi connectivity index (χ2n) is 3.81. The van der Waals surface area contributed by atoms with E-state index in [1.54, 1.807) is 6.07 Å². The van der Waals surface area contributed by atoms with Crippen LogP contribution < -0.4 is 5.32 Å². The summed E-state index contributed by atoms with van der Waals surface area (Å²) in [6.07, 6.45) is 5.32. The van der Waals surface area contributed by atoms with Crippen molar-refractivity contribution in [3.8, 4) is 0 Å². The van der Waals surface area contributed by atoms with Gasteiger partial charge in [0.1, 0.15) is 0 Å². The minimum Gasteiger partial charge on any atom is -0.478 e. The van der Waals surface area contributed by atoms with Crippen LogP contribution in [0.3, 0.4) is 0 Å². The van der Waals surface area contributed by atoms with Gasteiger partial charge < -0.3 is 10.4 Å². The van der Waals surface area contributed by atoms with Gasteiger partial charge in [-0.25, -0.2) is 4.79 Å². The van der Waals surface area contributed by atoms with Gasteiger partial charge in [-0.3, -0.25) is 9.78 Å². The van der Waals surface area contributed by atoms with Gasteiger partial charge in [-0.1, -0.05) is 0 Å². The number of amides is 1. The molecule has 0 aliphatic carbocycles. The molecule has 1 amide bonds. The van der Waals surface area contributed by atoms with Crippen molar-refractivity contribution in [3.63, 3.8) is 0 Å². The minimum atomic E-state index is -1.04. The second-order valence-corrected chi connectivity index (χ2v) is 3.81. The van der Waals surface area contributed by atoms with Gasteiger partial charge in [-0.2, -0.15) is 0 Å². The molecule has 0 spiro atoms. The van der Waals surface area contributed by atoms with Crippen LogP contribution in [-0.2, 0) is 4.79 Å². The zero-order valence-corrected chi connectivity index (χ0v) is 9.68. The van der Waals surface area contributed by atoms with E-state index in [4.69, 9.17) is 5.11 Å². The van der Waals surface area contributed by atoms with Crippen molar-refractivity contribution in [2.24, 2.45) is 0 Å². The number of nitrogens with zero attached hydrogens (tertiary/aromatic N) is 1. The summed E-state index contributed by atoms with van der Waals surface area (Å²) in [5, 5.41) is 11.2. The number of pyridine rings is 1. The maximum absolute atomic E-state index is 11.7. The molecule has 0 bridgehead atoms. The summed E-state index contributed by atoms with van der Waals surface area (Å²) in [5.74, 6) is -1.26. The van der Waals surface area contributed by atoms with E-state index >= 15 is 0 Å². The van der Waals surface area contributed by atoms with Crippen LogP contribution in [0.4, 0.5) is 0 Å². The van der Waals surface area contributed by atoms with Crippen LogP contribution >= 0.6 is 0 Å². The van der Waals surface area contributed by atoms with Gasteiger partial charge in [0.2, 0.25) is 0 Å². The Morgan fingerprint density at radius 2 is 2.12 bits per heavy atom. The highest BCUT2D eigenvalue weighted by molar-refractivity contribution is 5.94. The summed E-state index contributed by atoms with van der Waals surface area (Å²) in [6.45, 7) is 3.72. The Balaban J connectivity index is 2.85. The molecule has 0 fully saturated rings. The zero-order valence-electron chi connectivity index (χ0n) is 9.68. The number of rotatable bonds is 4. The molecule has 17 heavy (non-hydrogen) atoms. The van der Waals surface area contributed by atoms with E-state index in [2.05, 4.69) is 10.3 Å². The van der Waals surface area contributed by atoms with E-state index < -0.39 is 5.97 Å². The second kappa shape index (κ2) is 5.79. The molecule has 1 aromatic heterocycles. The summed E-state index contributed by atoms with van der Waals surface area (Å²) < 4.78 is 0. The normalized spacial score (nSPS) is 10.8. The molecule has 90 valence electrons. The van der Waals surface area contributed by atoms with E-state index in [9.17, 15) is 9.59 Å². The molecule has 0 atom stereocenters. The number of aromatic nitrogens is 1. The monoisotopic (exact) mass is 234 g/mol. The summed E-state index contributed by atoms with van der Waals surface area (Å²) in [6, 6.07) is 1.63. The van der Waals surface area contributed by atoms with E-state index in [0.29, 0.717) is 11.1 Å². The van der Waals surface area contributed by atoms with Crippen molar-refractivity contribution >= 4 is 18.0 Å². The predicted molar refractivity (Wildman–Crippen MR) is 63.5 cm³/mol. The highest BCUT2D eigenvalue weighted by atomic mass is 16.4. The summed E-state index contributed by atoms with van der Waals surface area (Å²) >= 11 is 0. The fraction of sp³-hybridized carbons (Fsp3) is 0.250. The molecule has 0 aromatic carbocycles. The van der Waals surface area contributed by atoms with Crippen LogP contribution in [-0.4, -0.2) is 28.0 Å². The molecule has 0 aliphatic rings. The first kappa shape index (κ1) is 12.9. The zero-order chi connectivity index (χ0) is 12.8. The third-order valence-corrected chi connectivity index (χ3v) is 1.86. The van der Waals surface area contributed by atoms with Crippen molar-refractivity contribution in [1.29, 1.82) is 0 Å². The molecule has 0 aliphatic heterocycles. The number of carboxylic acid groups (broad SMARTS) is 1. The van der Waals surface area contributed by atoms with Crippen molar-refractivity contribution in [3.05, 3.63) is 35.7 Å². The van der Waals surface area contributed by atoms with E-state index in [1.807, 2.05) is 13.8 Å². The average Bonchev–Trinajstić information content (AvgIpc) is 2.26. The van der Waals surface area contributed by atoms with E-state index in [1.165, 1.54) is 18.5 Å². The van der Waals surface area contributed by atoms with Gasteiger partial charge in [0.25, 0.3) is 5.91 Å². The van der Waals surface area contributed by atoms with Crippen LogP contribution in [0.15, 0.2) is 24.5 Å². The van der Waals surface area contributed by atoms with E-state index in [-0.39, 0.29) is 11.9 Å². The van der Waals surface area contributed by atoms with E-state index in [0.717, 1.165) is 6.08 Å². The molecule has 0 saturated heterocycles. The number of aliphatic carboxylic acids is 1. The molecule has 5 nitrogen and oxygen atoms in total. The van der Waals surface area contributed by atoms with Gasteiger partial charge in [-0.15, -0.1) is 0 Å². The van der Waals surface area contributed by atoms with Gasteiger partial charge in [0.05, 0.1) is 5.56 Å². The lowest BCUT2D eigenvalue weighted by Crippen LogP contribution is -2.30. The van der Waals surface area contributed by atoms with Gasteiger partial charge in [-0.05, 0) is 31.6 Å². The smallest absolute Gasteiger partial charge is 0.328 e. The Morgan fingerprint density at radius 3 is 2.71 bits per heavy atom. The SMILES string of the molecule is CC(C)NC(=O)c1cncc(C=CC(=O)O)c1. The standard InChI is InChI=1S/C12H14N2O3/c1-8(2)14-12(17)10-5-9(6-13-7-10)3-4-11(15)16/h3-8H,1-2H3,(H,14,17)(H,15,16). The van der Waals surface area contributed by atoms with Crippen molar-refractivity contribution < 1.29 is 14.7 Å². The molecular formula is C12H14N2O3. The highest BCUT2D eigenvalue weighted by Gasteiger charge is 2.07. The fourth-order valence-electron chi connectivity index (χ4n) is 1.19. The largest absolute Gasteiger partial charge is 0.478 e. The van der Waals surface area contributed by atoms with Crippen LogP contribution in [0, 0.1) is 0 Å². The van der Waals surface area contributed by atoms with Crippen LogP contribution in [0.2, 0.25) is 0 Å². The first-order valence-corrected chi connectivity index (χ1v) is 5.16. The molecule has 0 saturated carbocycles. The van der Waals surface area contributed by atoms with Gasteiger partial charge in [0.15, 0.2) is 0 Å². The van der Waals surface area contributed by atoms with Crippen LogP contribution in [0.25, 0.3) is 6.08 Å². The Labute approximate surface area is 99.2 Å². The number of carbonyl (C=O) groups is 2. The molecule has 1 heterocycles. The van der Waals surface area contributed by atoms with Gasteiger partial charge in [0, 0.05) is 24.5 Å². The number of hydrogen-bond donors (Lipinski definition) is 2. The van der Waals surface area contributed by atoms with Gasteiger partial charge >= 0.3 is 5.97 Å². The lowest BCUT2D eigenvalue weighted by atomic mass is 10.2. The quantitative estimate of drug-likeness (QED) is 0.770. The third kappa shape index (κ3) is 4.46. The Hall–Kier alpha value is -2.17. The summed E-state index contributed by atoms with van der Waals surface area (Å²) in [5.41, 5.74) is 0.982. The molecular weight excluding hydrogens is 220 g/mol. The van der Waals surface area contributed by atoms with Crippen LogP contribution in [0.5, 0.6) is 0 Å². The fourth-order valence-corrected chi connectivity index (χ4v) is 1.19. The van der Waals surface area contributed by atoms with Crippen molar-refractivity contribution in [2.45, 2.75) is 19.9 Å². The van der Waals surface area contributed by atoms with Crippen molar-refractivity contribution in [2.75, 3.05) is 0 Å². The molecule has 1 rings (SSSR count). The summed E-state index contributed by atoms with van der Waals surface area (Å²) in [7, 11) is 0. The lowest BCUT2D eigenvalue weighted by Gasteiger charge is -2.07. The first-order valence-electron chi connectivity index (χ1n) is 5.16. The van der Waals surface area contributed by atoms with Crippen LogP contribution in [0.1, 0.15) is 29.8 Å².